The van der Waals surface area contributed by atoms with E-state index in [-0.39, 0.29) is 17.7 Å². The van der Waals surface area contributed by atoms with Crippen molar-refractivity contribution in [2.75, 3.05) is 25.5 Å². The maximum absolute atomic E-state index is 12.9. The molecule has 8 heteroatoms. The number of methoxy groups -OCH3 is 1. The largest absolute Gasteiger partial charge is 0.497 e. The van der Waals surface area contributed by atoms with E-state index >= 15 is 0 Å². The SMILES string of the molecule is COc1ccc(C(=O)N2CCC[C@H](c3nc(-c4ccc(NC(C)=O)cc4)no3)C2)cc1. The van der Waals surface area contributed by atoms with E-state index in [0.29, 0.717) is 36.1 Å². The van der Waals surface area contributed by atoms with E-state index in [1.807, 2.05) is 17.0 Å². The Morgan fingerprint density at radius 2 is 1.87 bits per heavy atom. The second kappa shape index (κ2) is 8.99. The Kier molecular flexibility index (Phi) is 5.97. The number of hydrogen-bond acceptors (Lipinski definition) is 6. The number of aromatic nitrogens is 2. The molecule has 160 valence electrons. The first-order chi connectivity index (χ1) is 15.0. The molecule has 3 aromatic rings. The Bertz CT molecular complexity index is 1060. The molecule has 1 aliphatic rings. The van der Waals surface area contributed by atoms with Crippen LogP contribution in [0, 0.1) is 0 Å². The average Bonchev–Trinajstić information content (AvgIpc) is 3.29. The van der Waals surface area contributed by atoms with E-state index in [9.17, 15) is 9.59 Å². The van der Waals surface area contributed by atoms with Gasteiger partial charge in [-0.25, -0.2) is 0 Å². The molecule has 1 N–H and O–H groups in total. The number of anilines is 1. The van der Waals surface area contributed by atoms with E-state index in [1.165, 1.54) is 6.92 Å². The molecule has 2 aromatic carbocycles. The third-order valence-corrected chi connectivity index (χ3v) is 5.30. The summed E-state index contributed by atoms with van der Waals surface area (Å²) in [5.41, 5.74) is 2.14. The number of amides is 2. The van der Waals surface area contributed by atoms with E-state index in [0.717, 1.165) is 24.2 Å². The van der Waals surface area contributed by atoms with Crippen LogP contribution in [0.25, 0.3) is 11.4 Å². The van der Waals surface area contributed by atoms with Crippen molar-refractivity contribution in [3.63, 3.8) is 0 Å². The van der Waals surface area contributed by atoms with Gasteiger partial charge in [-0.05, 0) is 61.4 Å². The van der Waals surface area contributed by atoms with Gasteiger partial charge in [-0.1, -0.05) is 5.16 Å². The van der Waals surface area contributed by atoms with E-state index in [2.05, 4.69) is 15.5 Å². The summed E-state index contributed by atoms with van der Waals surface area (Å²) in [6.07, 6.45) is 1.76. The molecule has 0 saturated carbocycles. The van der Waals surface area contributed by atoms with Gasteiger partial charge in [0.2, 0.25) is 17.6 Å². The van der Waals surface area contributed by atoms with E-state index in [4.69, 9.17) is 9.26 Å². The fraction of sp³-hybridized carbons (Fsp3) is 0.304. The maximum Gasteiger partial charge on any atom is 0.253 e. The minimum atomic E-state index is -0.124. The van der Waals surface area contributed by atoms with Gasteiger partial charge in [0.05, 0.1) is 13.0 Å². The number of ether oxygens (including phenoxy) is 1. The lowest BCUT2D eigenvalue weighted by atomic mass is 9.97. The van der Waals surface area contributed by atoms with Crippen LogP contribution in [0.5, 0.6) is 5.75 Å². The van der Waals surface area contributed by atoms with E-state index < -0.39 is 0 Å². The molecule has 31 heavy (non-hydrogen) atoms. The molecule has 0 radical (unpaired) electrons. The second-order valence-corrected chi connectivity index (χ2v) is 7.53. The average molecular weight is 420 g/mol. The summed E-state index contributed by atoms with van der Waals surface area (Å²) in [6.45, 7) is 2.70. The molecule has 1 aromatic heterocycles. The number of carbonyl (C=O) groups is 2. The van der Waals surface area contributed by atoms with Crippen LogP contribution in [-0.2, 0) is 4.79 Å². The lowest BCUT2D eigenvalue weighted by molar-refractivity contribution is -0.114. The molecular weight excluding hydrogens is 396 g/mol. The van der Waals surface area contributed by atoms with Crippen molar-refractivity contribution in [3.8, 4) is 17.1 Å². The smallest absolute Gasteiger partial charge is 0.253 e. The molecule has 4 rings (SSSR count). The Balaban J connectivity index is 1.44. The lowest BCUT2D eigenvalue weighted by Crippen LogP contribution is -2.39. The first kappa shape index (κ1) is 20.6. The Morgan fingerprint density at radius 1 is 1.13 bits per heavy atom. The van der Waals surface area contributed by atoms with Crippen LogP contribution in [0.4, 0.5) is 5.69 Å². The van der Waals surface area contributed by atoms with Gasteiger partial charge in [-0.2, -0.15) is 4.98 Å². The third-order valence-electron chi connectivity index (χ3n) is 5.30. The number of rotatable bonds is 5. The summed E-state index contributed by atoms with van der Waals surface area (Å²) in [4.78, 5) is 30.5. The summed E-state index contributed by atoms with van der Waals surface area (Å²) in [6, 6.07) is 14.4. The summed E-state index contributed by atoms with van der Waals surface area (Å²) < 4.78 is 10.7. The zero-order valence-corrected chi connectivity index (χ0v) is 17.5. The normalized spacial score (nSPS) is 16.1. The standard InChI is InChI=1S/C23H24N4O4/c1-15(28)24-19-9-5-16(6-10-19)21-25-22(31-26-21)18-4-3-13-27(14-18)23(29)17-7-11-20(30-2)12-8-17/h5-12,18H,3-4,13-14H2,1-2H3,(H,24,28)/t18-/m0/s1. The first-order valence-electron chi connectivity index (χ1n) is 10.2. The summed E-state index contributed by atoms with van der Waals surface area (Å²) in [5, 5.41) is 6.84. The molecule has 8 nitrogen and oxygen atoms in total. The van der Waals surface area contributed by atoms with Crippen molar-refractivity contribution in [1.82, 2.24) is 15.0 Å². The van der Waals surface area contributed by atoms with Crippen LogP contribution >= 0.6 is 0 Å². The molecule has 2 heterocycles. The molecule has 1 fully saturated rings. The number of nitrogens with zero attached hydrogens (tertiary/aromatic N) is 3. The molecule has 1 aliphatic heterocycles. The highest BCUT2D eigenvalue weighted by atomic mass is 16.5. The van der Waals surface area contributed by atoms with Gasteiger partial charge in [0, 0.05) is 36.8 Å². The van der Waals surface area contributed by atoms with Gasteiger partial charge >= 0.3 is 0 Å². The highest BCUT2D eigenvalue weighted by Gasteiger charge is 2.29. The number of nitrogens with one attached hydrogen (secondary N) is 1. The van der Waals surface area contributed by atoms with Gasteiger partial charge in [0.25, 0.3) is 5.91 Å². The van der Waals surface area contributed by atoms with Crippen molar-refractivity contribution in [2.24, 2.45) is 0 Å². The highest BCUT2D eigenvalue weighted by Crippen LogP contribution is 2.29. The summed E-state index contributed by atoms with van der Waals surface area (Å²) >= 11 is 0. The van der Waals surface area contributed by atoms with E-state index in [1.54, 1.807) is 43.5 Å². The van der Waals surface area contributed by atoms with Crippen LogP contribution < -0.4 is 10.1 Å². The first-order valence-corrected chi connectivity index (χ1v) is 10.2. The van der Waals surface area contributed by atoms with Crippen LogP contribution in [0.15, 0.2) is 53.1 Å². The van der Waals surface area contributed by atoms with Gasteiger partial charge in [-0.15, -0.1) is 0 Å². The fourth-order valence-electron chi connectivity index (χ4n) is 3.70. The predicted molar refractivity (Wildman–Crippen MR) is 115 cm³/mol. The molecule has 0 aliphatic carbocycles. The second-order valence-electron chi connectivity index (χ2n) is 7.53. The predicted octanol–water partition coefficient (Wildman–Crippen LogP) is 3.72. The third kappa shape index (κ3) is 4.74. The van der Waals surface area contributed by atoms with Gasteiger partial charge in [0.15, 0.2) is 0 Å². The number of benzene rings is 2. The van der Waals surface area contributed by atoms with Gasteiger partial charge < -0.3 is 19.5 Å². The minimum Gasteiger partial charge on any atom is -0.497 e. The van der Waals surface area contributed by atoms with Crippen LogP contribution in [0.2, 0.25) is 0 Å². The van der Waals surface area contributed by atoms with Crippen molar-refractivity contribution in [3.05, 3.63) is 60.0 Å². The Hall–Kier alpha value is -3.68. The topological polar surface area (TPSA) is 97.6 Å². The van der Waals surface area contributed by atoms with Crippen molar-refractivity contribution >= 4 is 17.5 Å². The van der Waals surface area contributed by atoms with Gasteiger partial charge in [-0.3, -0.25) is 9.59 Å². The number of piperidine rings is 1. The van der Waals surface area contributed by atoms with Crippen molar-refractivity contribution in [1.29, 1.82) is 0 Å². The minimum absolute atomic E-state index is 0.00384. The summed E-state index contributed by atoms with van der Waals surface area (Å²) in [5.74, 6) is 1.60. The molecule has 0 bridgehead atoms. The molecule has 1 atom stereocenters. The van der Waals surface area contributed by atoms with Crippen molar-refractivity contribution in [2.45, 2.75) is 25.7 Å². The molecule has 1 saturated heterocycles. The zero-order valence-electron chi connectivity index (χ0n) is 17.5. The maximum atomic E-state index is 12.9. The molecule has 0 spiro atoms. The number of hydrogen-bond donors (Lipinski definition) is 1. The lowest BCUT2D eigenvalue weighted by Gasteiger charge is -2.31. The highest BCUT2D eigenvalue weighted by molar-refractivity contribution is 5.94. The molecular formula is C23H24N4O4. The monoisotopic (exact) mass is 420 g/mol. The number of likely N-dealkylation sites (tertiary alicyclic amines) is 1. The fourth-order valence-corrected chi connectivity index (χ4v) is 3.70. The molecule has 0 unspecified atom stereocenters. The van der Waals surface area contributed by atoms with Crippen LogP contribution in [0.3, 0.4) is 0 Å². The summed E-state index contributed by atoms with van der Waals surface area (Å²) in [7, 11) is 1.60. The zero-order chi connectivity index (χ0) is 21.8. The quantitative estimate of drug-likeness (QED) is 0.676. The van der Waals surface area contributed by atoms with Gasteiger partial charge in [0.1, 0.15) is 5.75 Å². The van der Waals surface area contributed by atoms with Crippen molar-refractivity contribution < 1.29 is 18.8 Å². The Labute approximate surface area is 180 Å². The Morgan fingerprint density at radius 3 is 2.55 bits per heavy atom. The molecule has 2 amide bonds. The van der Waals surface area contributed by atoms with Crippen LogP contribution in [0.1, 0.15) is 41.9 Å². The van der Waals surface area contributed by atoms with Crippen LogP contribution in [-0.4, -0.2) is 47.1 Å². The number of carbonyl (C=O) groups excluding carboxylic acids is 2.